The van der Waals surface area contributed by atoms with Crippen LogP contribution in [0.1, 0.15) is 11.3 Å². The van der Waals surface area contributed by atoms with Gasteiger partial charge < -0.3 is 10.1 Å². The summed E-state index contributed by atoms with van der Waals surface area (Å²) in [6, 6.07) is 10.2. The number of nitrogens with one attached hydrogen (secondary N) is 1. The molecular formula is C13H16N2OS. The van der Waals surface area contributed by atoms with Crippen molar-refractivity contribution < 1.29 is 4.74 Å². The van der Waals surface area contributed by atoms with E-state index in [1.54, 1.807) is 11.3 Å². The molecule has 0 saturated carbocycles. The predicted octanol–water partition coefficient (Wildman–Crippen LogP) is 2.45. The van der Waals surface area contributed by atoms with Crippen LogP contribution in [-0.4, -0.2) is 18.1 Å². The molecule has 90 valence electrons. The first kappa shape index (κ1) is 12.2. The zero-order valence-corrected chi connectivity index (χ0v) is 10.5. The molecule has 1 N–H and O–H groups in total. The van der Waals surface area contributed by atoms with E-state index in [0.29, 0.717) is 6.61 Å². The predicted molar refractivity (Wildman–Crippen MR) is 69.9 cm³/mol. The number of hydrogen-bond acceptors (Lipinski definition) is 4. The molecule has 2 aromatic rings. The Hall–Kier alpha value is -1.23. The summed E-state index contributed by atoms with van der Waals surface area (Å²) in [4.78, 5) is 4.20. The van der Waals surface area contributed by atoms with E-state index in [-0.39, 0.29) is 0 Å². The third-order valence-electron chi connectivity index (χ3n) is 2.32. The molecule has 0 aliphatic rings. The molecule has 1 aromatic carbocycles. The summed E-state index contributed by atoms with van der Waals surface area (Å²) in [7, 11) is 0. The number of aromatic nitrogens is 1. The van der Waals surface area contributed by atoms with Crippen LogP contribution in [0.4, 0.5) is 0 Å². The molecule has 1 aromatic heterocycles. The summed E-state index contributed by atoms with van der Waals surface area (Å²) >= 11 is 1.62. The van der Waals surface area contributed by atoms with Crippen molar-refractivity contribution >= 4 is 11.3 Å². The quantitative estimate of drug-likeness (QED) is 0.764. The molecular weight excluding hydrogens is 232 g/mol. The lowest BCUT2D eigenvalue weighted by atomic mass is 10.2. The molecule has 0 aliphatic heterocycles. The molecule has 0 saturated heterocycles. The van der Waals surface area contributed by atoms with Crippen LogP contribution in [0.2, 0.25) is 0 Å². The van der Waals surface area contributed by atoms with Crippen molar-refractivity contribution in [2.45, 2.75) is 13.2 Å². The van der Waals surface area contributed by atoms with Crippen LogP contribution in [0.25, 0.3) is 0 Å². The van der Waals surface area contributed by atoms with E-state index < -0.39 is 0 Å². The van der Waals surface area contributed by atoms with Crippen LogP contribution in [0.5, 0.6) is 0 Å². The first-order valence-corrected chi connectivity index (χ1v) is 6.59. The zero-order chi connectivity index (χ0) is 11.8. The second-order valence-corrected chi connectivity index (χ2v) is 4.41. The van der Waals surface area contributed by atoms with Gasteiger partial charge in [-0.3, -0.25) is 0 Å². The van der Waals surface area contributed by atoms with Crippen molar-refractivity contribution in [1.82, 2.24) is 10.3 Å². The van der Waals surface area contributed by atoms with E-state index in [9.17, 15) is 0 Å². The average molecular weight is 248 g/mol. The Bertz CT molecular complexity index is 403. The number of rotatable bonds is 7. The van der Waals surface area contributed by atoms with Crippen LogP contribution in [-0.2, 0) is 17.9 Å². The minimum absolute atomic E-state index is 0.680. The van der Waals surface area contributed by atoms with Gasteiger partial charge in [0.2, 0.25) is 0 Å². The molecule has 0 aliphatic carbocycles. The summed E-state index contributed by atoms with van der Waals surface area (Å²) < 4.78 is 5.56. The van der Waals surface area contributed by atoms with Gasteiger partial charge in [0.05, 0.1) is 24.4 Å². The normalized spacial score (nSPS) is 10.6. The summed E-state index contributed by atoms with van der Waals surface area (Å²) in [6.45, 7) is 3.07. The van der Waals surface area contributed by atoms with Crippen molar-refractivity contribution in [2.24, 2.45) is 0 Å². The second kappa shape index (κ2) is 7.17. The van der Waals surface area contributed by atoms with Crippen molar-refractivity contribution in [3.05, 3.63) is 52.5 Å². The summed E-state index contributed by atoms with van der Waals surface area (Å²) in [5.41, 5.74) is 4.16. The molecule has 3 nitrogen and oxygen atoms in total. The Labute approximate surface area is 105 Å². The highest BCUT2D eigenvalue weighted by Gasteiger charge is 1.94. The standard InChI is InChI=1S/C13H16N2OS/c1-2-4-12(5-3-1)9-16-7-6-14-8-13-10-17-11-15-13/h1-5,10-11,14H,6-9H2. The van der Waals surface area contributed by atoms with E-state index in [2.05, 4.69) is 27.8 Å². The Morgan fingerprint density at radius 1 is 1.24 bits per heavy atom. The Kier molecular flexibility index (Phi) is 5.16. The van der Waals surface area contributed by atoms with Crippen molar-refractivity contribution in [1.29, 1.82) is 0 Å². The lowest BCUT2D eigenvalue weighted by Crippen LogP contribution is -2.19. The lowest BCUT2D eigenvalue weighted by molar-refractivity contribution is 0.122. The maximum atomic E-state index is 5.56. The van der Waals surface area contributed by atoms with Gasteiger partial charge in [-0.15, -0.1) is 11.3 Å². The highest BCUT2D eigenvalue weighted by molar-refractivity contribution is 7.07. The molecule has 2 rings (SSSR count). The Balaban J connectivity index is 1.52. The molecule has 0 atom stereocenters. The molecule has 4 heteroatoms. The van der Waals surface area contributed by atoms with Gasteiger partial charge in [0, 0.05) is 18.5 Å². The zero-order valence-electron chi connectivity index (χ0n) is 9.63. The van der Waals surface area contributed by atoms with Gasteiger partial charge in [-0.1, -0.05) is 30.3 Å². The van der Waals surface area contributed by atoms with Gasteiger partial charge >= 0.3 is 0 Å². The highest BCUT2D eigenvalue weighted by atomic mass is 32.1. The van der Waals surface area contributed by atoms with Crippen molar-refractivity contribution in [3.63, 3.8) is 0 Å². The molecule has 0 radical (unpaired) electrons. The summed E-state index contributed by atoms with van der Waals surface area (Å²) in [5.74, 6) is 0. The second-order valence-electron chi connectivity index (χ2n) is 3.69. The molecule has 0 unspecified atom stereocenters. The number of hydrogen-bond donors (Lipinski definition) is 1. The van der Waals surface area contributed by atoms with Gasteiger partial charge in [-0.05, 0) is 5.56 Å². The maximum absolute atomic E-state index is 5.56. The first-order chi connectivity index (χ1) is 8.45. The monoisotopic (exact) mass is 248 g/mol. The van der Waals surface area contributed by atoms with Gasteiger partial charge in [0.15, 0.2) is 0 Å². The first-order valence-electron chi connectivity index (χ1n) is 5.64. The minimum atomic E-state index is 0.680. The average Bonchev–Trinajstić information content (AvgIpc) is 2.88. The maximum Gasteiger partial charge on any atom is 0.0795 e. The fourth-order valence-electron chi connectivity index (χ4n) is 1.45. The number of thiazole rings is 1. The van der Waals surface area contributed by atoms with Crippen molar-refractivity contribution in [2.75, 3.05) is 13.2 Å². The number of nitrogens with zero attached hydrogens (tertiary/aromatic N) is 1. The fraction of sp³-hybridized carbons (Fsp3) is 0.308. The molecule has 17 heavy (non-hydrogen) atoms. The minimum Gasteiger partial charge on any atom is -0.375 e. The number of benzene rings is 1. The van der Waals surface area contributed by atoms with Gasteiger partial charge in [0.1, 0.15) is 0 Å². The summed E-state index contributed by atoms with van der Waals surface area (Å²) in [5, 5.41) is 5.35. The van der Waals surface area contributed by atoms with Gasteiger partial charge in [-0.25, -0.2) is 4.98 Å². The van der Waals surface area contributed by atoms with Gasteiger partial charge in [-0.2, -0.15) is 0 Å². The summed E-state index contributed by atoms with van der Waals surface area (Å²) in [6.07, 6.45) is 0. The van der Waals surface area contributed by atoms with Crippen molar-refractivity contribution in [3.8, 4) is 0 Å². The van der Waals surface area contributed by atoms with E-state index in [1.807, 2.05) is 23.7 Å². The van der Waals surface area contributed by atoms with Crippen LogP contribution < -0.4 is 5.32 Å². The van der Waals surface area contributed by atoms with Crippen LogP contribution in [0.3, 0.4) is 0 Å². The molecule has 0 fully saturated rings. The molecule has 0 bridgehead atoms. The Morgan fingerprint density at radius 3 is 2.88 bits per heavy atom. The van der Waals surface area contributed by atoms with E-state index in [0.717, 1.165) is 25.4 Å². The largest absolute Gasteiger partial charge is 0.375 e. The van der Waals surface area contributed by atoms with E-state index >= 15 is 0 Å². The molecule has 1 heterocycles. The highest BCUT2D eigenvalue weighted by Crippen LogP contribution is 2.00. The molecule has 0 spiro atoms. The topological polar surface area (TPSA) is 34.1 Å². The number of ether oxygens (including phenoxy) is 1. The Morgan fingerprint density at radius 2 is 2.12 bits per heavy atom. The van der Waals surface area contributed by atoms with E-state index in [4.69, 9.17) is 4.74 Å². The van der Waals surface area contributed by atoms with Gasteiger partial charge in [0.25, 0.3) is 0 Å². The molecule has 0 amide bonds. The SMILES string of the molecule is c1ccc(COCCNCc2cscn2)cc1. The third-order valence-corrected chi connectivity index (χ3v) is 2.96. The van der Waals surface area contributed by atoms with Crippen LogP contribution in [0.15, 0.2) is 41.2 Å². The van der Waals surface area contributed by atoms with E-state index in [1.165, 1.54) is 5.56 Å². The third kappa shape index (κ3) is 4.65. The lowest BCUT2D eigenvalue weighted by Gasteiger charge is -2.05. The smallest absolute Gasteiger partial charge is 0.0795 e. The van der Waals surface area contributed by atoms with Crippen LogP contribution >= 0.6 is 11.3 Å². The van der Waals surface area contributed by atoms with Crippen LogP contribution in [0, 0.1) is 0 Å². The fourth-order valence-corrected chi connectivity index (χ4v) is 2.01.